The number of carbonyl (C=O) groups is 1. The van der Waals surface area contributed by atoms with Crippen LogP contribution in [0.1, 0.15) is 15.9 Å². The molecule has 0 aromatic heterocycles. The van der Waals surface area contributed by atoms with Gasteiger partial charge in [0.05, 0.1) is 5.56 Å². The van der Waals surface area contributed by atoms with Gasteiger partial charge in [-0.05, 0) is 35.9 Å². The third-order valence-electron chi connectivity index (χ3n) is 3.04. The van der Waals surface area contributed by atoms with Crippen LogP contribution in [-0.2, 0) is 0 Å². The Bertz CT molecular complexity index is 654. The molecule has 3 rings (SSSR count). The number of phenols is 1. The monoisotopic (exact) mass is 252 g/mol. The highest BCUT2D eigenvalue weighted by molar-refractivity contribution is 6.14. The zero-order valence-electron chi connectivity index (χ0n) is 10.2. The third kappa shape index (κ3) is 2.22. The third-order valence-corrected chi connectivity index (χ3v) is 3.04. The van der Waals surface area contributed by atoms with E-state index in [0.29, 0.717) is 16.9 Å². The first-order chi connectivity index (χ1) is 9.24. The van der Waals surface area contributed by atoms with E-state index in [-0.39, 0.29) is 18.1 Å². The Morgan fingerprint density at radius 1 is 1.05 bits per heavy atom. The quantitative estimate of drug-likeness (QED) is 0.793. The molecule has 3 nitrogen and oxygen atoms in total. The number of phenolic OH excluding ortho intramolecular Hbond substituents is 1. The van der Waals surface area contributed by atoms with Crippen molar-refractivity contribution in [2.24, 2.45) is 0 Å². The van der Waals surface area contributed by atoms with E-state index >= 15 is 0 Å². The maximum Gasteiger partial charge on any atom is 0.196 e. The number of ketones is 1. The maximum atomic E-state index is 12.3. The van der Waals surface area contributed by atoms with Crippen LogP contribution in [0.4, 0.5) is 0 Å². The van der Waals surface area contributed by atoms with Crippen molar-refractivity contribution < 1.29 is 14.6 Å². The number of rotatable bonds is 1. The normalized spacial score (nSPS) is 16.0. The van der Waals surface area contributed by atoms with Crippen LogP contribution in [0.5, 0.6) is 11.5 Å². The summed E-state index contributed by atoms with van der Waals surface area (Å²) in [5, 5.41) is 9.23. The molecule has 0 unspecified atom stereocenters. The first kappa shape index (κ1) is 11.5. The number of carbonyl (C=O) groups excluding carboxylic acids is 1. The highest BCUT2D eigenvalue weighted by Gasteiger charge is 2.22. The fourth-order valence-electron chi connectivity index (χ4n) is 2.05. The summed E-state index contributed by atoms with van der Waals surface area (Å²) in [5.41, 5.74) is 2.08. The topological polar surface area (TPSA) is 46.5 Å². The summed E-state index contributed by atoms with van der Waals surface area (Å²) in [6.45, 7) is 0.275. The first-order valence-corrected chi connectivity index (χ1v) is 6.00. The number of fused-ring (bicyclic) bond motifs is 1. The molecule has 1 aliphatic heterocycles. The van der Waals surface area contributed by atoms with E-state index in [1.54, 1.807) is 42.5 Å². The van der Waals surface area contributed by atoms with Crippen molar-refractivity contribution in [2.45, 2.75) is 0 Å². The molecule has 94 valence electrons. The van der Waals surface area contributed by atoms with E-state index in [1.165, 1.54) is 0 Å². The van der Waals surface area contributed by atoms with E-state index in [1.807, 2.05) is 12.1 Å². The summed E-state index contributed by atoms with van der Waals surface area (Å²) >= 11 is 0. The number of hydrogen-bond acceptors (Lipinski definition) is 3. The predicted octanol–water partition coefficient (Wildman–Crippen LogP) is 3.05. The molecule has 0 bridgehead atoms. The molecular weight excluding hydrogens is 240 g/mol. The number of ether oxygens (including phenoxy) is 1. The highest BCUT2D eigenvalue weighted by Crippen LogP contribution is 2.27. The van der Waals surface area contributed by atoms with Gasteiger partial charge in [0.15, 0.2) is 5.78 Å². The molecule has 0 fully saturated rings. The summed E-state index contributed by atoms with van der Waals surface area (Å²) in [6, 6.07) is 13.9. The van der Waals surface area contributed by atoms with Gasteiger partial charge >= 0.3 is 0 Å². The molecule has 0 spiro atoms. The SMILES string of the molecule is O=C1/C(=C/c2ccc(O)cc2)COc2ccccc21. The van der Waals surface area contributed by atoms with Gasteiger partial charge in [0.1, 0.15) is 18.1 Å². The Morgan fingerprint density at radius 2 is 1.79 bits per heavy atom. The summed E-state index contributed by atoms with van der Waals surface area (Å²) in [4.78, 5) is 12.3. The van der Waals surface area contributed by atoms with Crippen molar-refractivity contribution in [3.05, 3.63) is 65.2 Å². The minimum absolute atomic E-state index is 0.00470. The van der Waals surface area contributed by atoms with Crippen LogP contribution in [0.3, 0.4) is 0 Å². The Balaban J connectivity index is 1.96. The number of benzene rings is 2. The minimum atomic E-state index is -0.00470. The molecule has 1 aliphatic rings. The molecule has 1 heterocycles. The van der Waals surface area contributed by atoms with Gasteiger partial charge in [0, 0.05) is 5.57 Å². The fraction of sp³-hybridized carbons (Fsp3) is 0.0625. The summed E-state index contributed by atoms with van der Waals surface area (Å²) in [7, 11) is 0. The first-order valence-electron chi connectivity index (χ1n) is 6.00. The highest BCUT2D eigenvalue weighted by atomic mass is 16.5. The number of Topliss-reactive ketones (excluding diaryl/α,β-unsaturated/α-hetero) is 1. The van der Waals surface area contributed by atoms with Crippen molar-refractivity contribution in [3.8, 4) is 11.5 Å². The van der Waals surface area contributed by atoms with Crippen LogP contribution < -0.4 is 4.74 Å². The van der Waals surface area contributed by atoms with Gasteiger partial charge in [-0.15, -0.1) is 0 Å². The lowest BCUT2D eigenvalue weighted by atomic mass is 9.98. The van der Waals surface area contributed by atoms with Crippen LogP contribution >= 0.6 is 0 Å². The van der Waals surface area contributed by atoms with Gasteiger partial charge in [-0.2, -0.15) is 0 Å². The van der Waals surface area contributed by atoms with Gasteiger partial charge in [-0.3, -0.25) is 4.79 Å². The standard InChI is InChI=1S/C16H12O3/c17-13-7-5-11(6-8-13)9-12-10-19-15-4-2-1-3-14(15)16(12)18/h1-9,17H,10H2/b12-9+. The average Bonchev–Trinajstić information content (AvgIpc) is 2.45. The van der Waals surface area contributed by atoms with Crippen LogP contribution in [-0.4, -0.2) is 17.5 Å². The molecule has 0 amide bonds. The van der Waals surface area contributed by atoms with Gasteiger partial charge in [0.25, 0.3) is 0 Å². The molecule has 1 N–H and O–H groups in total. The van der Waals surface area contributed by atoms with Gasteiger partial charge in [0.2, 0.25) is 0 Å². The second-order valence-corrected chi connectivity index (χ2v) is 4.38. The van der Waals surface area contributed by atoms with Crippen molar-refractivity contribution in [2.75, 3.05) is 6.61 Å². The zero-order chi connectivity index (χ0) is 13.2. The predicted molar refractivity (Wildman–Crippen MR) is 72.4 cm³/mol. The van der Waals surface area contributed by atoms with Crippen molar-refractivity contribution >= 4 is 11.9 Å². The number of hydrogen-bond donors (Lipinski definition) is 1. The Labute approximate surface area is 110 Å². The molecule has 3 heteroatoms. The molecule has 0 radical (unpaired) electrons. The van der Waals surface area contributed by atoms with E-state index < -0.39 is 0 Å². The summed E-state index contributed by atoms with van der Waals surface area (Å²) in [6.07, 6.45) is 1.79. The molecule has 19 heavy (non-hydrogen) atoms. The minimum Gasteiger partial charge on any atom is -0.508 e. The van der Waals surface area contributed by atoms with Crippen LogP contribution in [0.25, 0.3) is 6.08 Å². The van der Waals surface area contributed by atoms with E-state index in [4.69, 9.17) is 4.74 Å². The summed E-state index contributed by atoms with van der Waals surface area (Å²) < 4.78 is 5.56. The number of para-hydroxylation sites is 1. The lowest BCUT2D eigenvalue weighted by Crippen LogP contribution is -2.18. The summed E-state index contributed by atoms with van der Waals surface area (Å²) in [5.74, 6) is 0.837. The van der Waals surface area contributed by atoms with E-state index in [0.717, 1.165) is 5.56 Å². The van der Waals surface area contributed by atoms with Crippen LogP contribution in [0.2, 0.25) is 0 Å². The molecule has 0 saturated heterocycles. The number of aromatic hydroxyl groups is 1. The Kier molecular flexibility index (Phi) is 2.80. The van der Waals surface area contributed by atoms with Gasteiger partial charge in [-0.25, -0.2) is 0 Å². The van der Waals surface area contributed by atoms with Crippen LogP contribution in [0.15, 0.2) is 54.1 Å². The molecular formula is C16H12O3. The van der Waals surface area contributed by atoms with Crippen molar-refractivity contribution in [3.63, 3.8) is 0 Å². The van der Waals surface area contributed by atoms with Crippen LogP contribution in [0, 0.1) is 0 Å². The molecule has 2 aromatic rings. The second kappa shape index (κ2) is 4.61. The van der Waals surface area contributed by atoms with Gasteiger partial charge < -0.3 is 9.84 Å². The molecule has 0 saturated carbocycles. The van der Waals surface area contributed by atoms with Gasteiger partial charge in [-0.1, -0.05) is 24.3 Å². The smallest absolute Gasteiger partial charge is 0.196 e. The Hall–Kier alpha value is -2.55. The Morgan fingerprint density at radius 3 is 2.58 bits per heavy atom. The average molecular weight is 252 g/mol. The lowest BCUT2D eigenvalue weighted by molar-refractivity contribution is 0.100. The molecule has 0 aliphatic carbocycles. The maximum absolute atomic E-state index is 12.3. The second-order valence-electron chi connectivity index (χ2n) is 4.38. The van der Waals surface area contributed by atoms with E-state index in [9.17, 15) is 9.90 Å². The largest absolute Gasteiger partial charge is 0.508 e. The van der Waals surface area contributed by atoms with Crippen molar-refractivity contribution in [1.29, 1.82) is 0 Å². The molecule has 0 atom stereocenters. The van der Waals surface area contributed by atoms with Crippen molar-refractivity contribution in [1.82, 2.24) is 0 Å². The zero-order valence-corrected chi connectivity index (χ0v) is 10.2. The molecule has 2 aromatic carbocycles. The fourth-order valence-corrected chi connectivity index (χ4v) is 2.05. The lowest BCUT2D eigenvalue weighted by Gasteiger charge is -2.18. The van der Waals surface area contributed by atoms with E-state index in [2.05, 4.69) is 0 Å².